The van der Waals surface area contributed by atoms with E-state index >= 15 is 0 Å². The molecule has 1 saturated heterocycles. The summed E-state index contributed by atoms with van der Waals surface area (Å²) in [7, 11) is 5.02. The first-order chi connectivity index (χ1) is 18.3. The third-order valence-electron chi connectivity index (χ3n) is 7.20. The number of carbonyl (C=O) groups excluding carboxylic acids is 3. The summed E-state index contributed by atoms with van der Waals surface area (Å²) in [4.78, 5) is 41.5. The molecule has 198 valence electrons. The number of amides is 3. The van der Waals surface area contributed by atoms with Crippen molar-refractivity contribution < 1.29 is 19.1 Å². The average Bonchev–Trinajstić information content (AvgIpc) is 2.96. The molecule has 7 heteroatoms. The second-order valence-electron chi connectivity index (χ2n) is 9.95. The summed E-state index contributed by atoms with van der Waals surface area (Å²) in [5.74, 6) is 0.603. The molecule has 0 bridgehead atoms. The van der Waals surface area contributed by atoms with Crippen LogP contribution in [0.1, 0.15) is 63.4 Å². The fourth-order valence-electron chi connectivity index (χ4n) is 4.78. The van der Waals surface area contributed by atoms with E-state index in [0.29, 0.717) is 30.1 Å². The van der Waals surface area contributed by atoms with Gasteiger partial charge >= 0.3 is 0 Å². The molecule has 0 spiro atoms. The monoisotopic (exact) mass is 513 g/mol. The van der Waals surface area contributed by atoms with Crippen LogP contribution in [0, 0.1) is 0 Å². The van der Waals surface area contributed by atoms with E-state index in [1.807, 2.05) is 48.2 Å². The van der Waals surface area contributed by atoms with E-state index in [-0.39, 0.29) is 23.6 Å². The van der Waals surface area contributed by atoms with Crippen LogP contribution in [0.5, 0.6) is 5.75 Å². The standard InChI is InChI=1S/C31H35N3O4/c1-21(22-10-14-28(38-4)15-11-22)29(35)32-27-12-8-23(9-13-27)24-16-18-34(19-17-24)31(37)26-7-5-6-25(20-26)30(36)33(2)3/h5-15,20-21,24H,16-19H2,1-4H3,(H,32,35). The molecule has 1 heterocycles. The van der Waals surface area contributed by atoms with E-state index in [2.05, 4.69) is 17.4 Å². The first-order valence-electron chi connectivity index (χ1n) is 12.9. The van der Waals surface area contributed by atoms with Crippen LogP contribution in [0.25, 0.3) is 0 Å². The van der Waals surface area contributed by atoms with Gasteiger partial charge in [-0.05, 0) is 79.3 Å². The SMILES string of the molecule is COc1ccc(C(C)C(=O)Nc2ccc(C3CCN(C(=O)c4cccc(C(=O)N(C)C)c4)CC3)cc2)cc1. The van der Waals surface area contributed by atoms with Crippen LogP contribution in [-0.2, 0) is 4.79 Å². The summed E-state index contributed by atoms with van der Waals surface area (Å²) in [5.41, 5.74) is 3.95. The fraction of sp³-hybridized carbons (Fsp3) is 0.323. The molecule has 1 fully saturated rings. The Morgan fingerprint density at radius 3 is 2.16 bits per heavy atom. The molecule has 0 saturated carbocycles. The third kappa shape index (κ3) is 6.22. The maximum atomic E-state index is 13.1. The fourth-order valence-corrected chi connectivity index (χ4v) is 4.78. The molecule has 4 rings (SSSR count). The van der Waals surface area contributed by atoms with Crippen molar-refractivity contribution in [2.24, 2.45) is 0 Å². The highest BCUT2D eigenvalue weighted by atomic mass is 16.5. The van der Waals surface area contributed by atoms with E-state index in [1.165, 1.54) is 10.5 Å². The number of methoxy groups -OCH3 is 1. The van der Waals surface area contributed by atoms with Gasteiger partial charge in [0, 0.05) is 44.0 Å². The number of carbonyl (C=O) groups is 3. The number of ether oxygens (including phenoxy) is 1. The van der Waals surface area contributed by atoms with E-state index in [4.69, 9.17) is 4.74 Å². The predicted molar refractivity (Wildman–Crippen MR) is 149 cm³/mol. The molecule has 0 radical (unpaired) electrons. The number of likely N-dealkylation sites (tertiary alicyclic amines) is 1. The Labute approximate surface area is 224 Å². The van der Waals surface area contributed by atoms with Crippen LogP contribution >= 0.6 is 0 Å². The van der Waals surface area contributed by atoms with Crippen molar-refractivity contribution in [1.82, 2.24) is 9.80 Å². The first kappa shape index (κ1) is 26.9. The lowest BCUT2D eigenvalue weighted by atomic mass is 9.89. The summed E-state index contributed by atoms with van der Waals surface area (Å²) >= 11 is 0. The molecule has 1 unspecified atom stereocenters. The minimum absolute atomic E-state index is 0.0408. The molecular formula is C31H35N3O4. The lowest BCUT2D eigenvalue weighted by molar-refractivity contribution is -0.117. The highest BCUT2D eigenvalue weighted by Gasteiger charge is 2.25. The minimum atomic E-state index is -0.288. The van der Waals surface area contributed by atoms with Gasteiger partial charge in [-0.15, -0.1) is 0 Å². The average molecular weight is 514 g/mol. The molecule has 1 N–H and O–H groups in total. The normalized spacial score (nSPS) is 14.5. The van der Waals surface area contributed by atoms with E-state index < -0.39 is 0 Å². The molecule has 7 nitrogen and oxygen atoms in total. The van der Waals surface area contributed by atoms with Crippen molar-refractivity contribution in [3.63, 3.8) is 0 Å². The van der Waals surface area contributed by atoms with Crippen LogP contribution in [0.2, 0.25) is 0 Å². The zero-order valence-electron chi connectivity index (χ0n) is 22.4. The smallest absolute Gasteiger partial charge is 0.253 e. The maximum Gasteiger partial charge on any atom is 0.253 e. The van der Waals surface area contributed by atoms with Crippen LogP contribution in [0.15, 0.2) is 72.8 Å². The molecule has 0 aromatic heterocycles. The molecule has 0 aliphatic carbocycles. The quantitative estimate of drug-likeness (QED) is 0.473. The van der Waals surface area contributed by atoms with Gasteiger partial charge in [0.15, 0.2) is 0 Å². The molecule has 38 heavy (non-hydrogen) atoms. The summed E-state index contributed by atoms with van der Waals surface area (Å²) in [6.07, 6.45) is 1.73. The van der Waals surface area contributed by atoms with Gasteiger partial charge in [-0.1, -0.05) is 30.3 Å². The highest BCUT2D eigenvalue weighted by molar-refractivity contribution is 5.99. The molecule has 3 aromatic rings. The number of rotatable bonds is 7. The maximum absolute atomic E-state index is 13.1. The van der Waals surface area contributed by atoms with E-state index in [0.717, 1.165) is 29.8 Å². The van der Waals surface area contributed by atoms with Crippen LogP contribution < -0.4 is 10.1 Å². The minimum Gasteiger partial charge on any atom is -0.497 e. The summed E-state index contributed by atoms with van der Waals surface area (Å²) in [5, 5.41) is 3.01. The highest BCUT2D eigenvalue weighted by Crippen LogP contribution is 2.30. The summed E-state index contributed by atoms with van der Waals surface area (Å²) in [6.45, 7) is 3.21. The van der Waals surface area contributed by atoms with Crippen molar-refractivity contribution in [1.29, 1.82) is 0 Å². The van der Waals surface area contributed by atoms with Crippen LogP contribution in [-0.4, -0.2) is 61.8 Å². The number of hydrogen-bond acceptors (Lipinski definition) is 4. The Morgan fingerprint density at radius 2 is 1.55 bits per heavy atom. The van der Waals surface area contributed by atoms with Gasteiger partial charge in [0.05, 0.1) is 13.0 Å². The number of piperidine rings is 1. The Morgan fingerprint density at radius 1 is 0.921 bits per heavy atom. The van der Waals surface area contributed by atoms with Gasteiger partial charge in [-0.2, -0.15) is 0 Å². The van der Waals surface area contributed by atoms with Gasteiger partial charge in [-0.3, -0.25) is 14.4 Å². The summed E-state index contributed by atoms with van der Waals surface area (Å²) in [6, 6.07) is 22.5. The van der Waals surface area contributed by atoms with Crippen molar-refractivity contribution in [3.05, 3.63) is 95.1 Å². The largest absolute Gasteiger partial charge is 0.497 e. The molecular weight excluding hydrogens is 478 g/mol. The van der Waals surface area contributed by atoms with Gasteiger partial charge in [0.1, 0.15) is 5.75 Å². The third-order valence-corrected chi connectivity index (χ3v) is 7.20. The van der Waals surface area contributed by atoms with Gasteiger partial charge < -0.3 is 19.9 Å². The van der Waals surface area contributed by atoms with Crippen molar-refractivity contribution in [2.75, 3.05) is 39.6 Å². The van der Waals surface area contributed by atoms with Gasteiger partial charge in [0.2, 0.25) is 5.91 Å². The Kier molecular flexibility index (Phi) is 8.46. The zero-order valence-corrected chi connectivity index (χ0v) is 22.4. The van der Waals surface area contributed by atoms with Crippen LogP contribution in [0.4, 0.5) is 5.69 Å². The number of nitrogens with zero attached hydrogens (tertiary/aromatic N) is 2. The summed E-state index contributed by atoms with van der Waals surface area (Å²) < 4.78 is 5.19. The predicted octanol–water partition coefficient (Wildman–Crippen LogP) is 5.16. The van der Waals surface area contributed by atoms with Crippen molar-refractivity contribution in [3.8, 4) is 5.75 Å². The Balaban J connectivity index is 1.31. The number of anilines is 1. The van der Waals surface area contributed by atoms with E-state index in [1.54, 1.807) is 45.5 Å². The van der Waals surface area contributed by atoms with Gasteiger partial charge in [0.25, 0.3) is 11.8 Å². The Hall–Kier alpha value is -4.13. The van der Waals surface area contributed by atoms with Crippen molar-refractivity contribution >= 4 is 23.4 Å². The number of hydrogen-bond donors (Lipinski definition) is 1. The first-order valence-corrected chi connectivity index (χ1v) is 12.9. The zero-order chi connectivity index (χ0) is 27.2. The molecule has 3 aromatic carbocycles. The van der Waals surface area contributed by atoms with E-state index in [9.17, 15) is 14.4 Å². The molecule has 3 amide bonds. The molecule has 1 aliphatic rings. The number of benzene rings is 3. The topological polar surface area (TPSA) is 79.0 Å². The second-order valence-corrected chi connectivity index (χ2v) is 9.95. The molecule has 1 aliphatic heterocycles. The lowest BCUT2D eigenvalue weighted by Crippen LogP contribution is -2.38. The van der Waals surface area contributed by atoms with Crippen LogP contribution in [0.3, 0.4) is 0 Å². The van der Waals surface area contributed by atoms with Crippen molar-refractivity contribution in [2.45, 2.75) is 31.6 Å². The van der Waals surface area contributed by atoms with Gasteiger partial charge in [-0.25, -0.2) is 0 Å². The molecule has 1 atom stereocenters. The Bertz CT molecular complexity index is 1280. The number of nitrogens with one attached hydrogen (secondary N) is 1. The second kappa shape index (κ2) is 11.9. The lowest BCUT2D eigenvalue weighted by Gasteiger charge is -2.32.